The van der Waals surface area contributed by atoms with E-state index in [2.05, 4.69) is 58.8 Å². The van der Waals surface area contributed by atoms with Gasteiger partial charge in [0.25, 0.3) is 0 Å². The molecule has 4 heteroatoms. The van der Waals surface area contributed by atoms with Crippen LogP contribution >= 0.6 is 0 Å². The number of nitrogens with zero attached hydrogens (tertiary/aromatic N) is 1. The molecule has 0 aliphatic carbocycles. The smallest absolute Gasteiger partial charge is 0.118 e. The number of hydrogen-bond acceptors (Lipinski definition) is 4. The Bertz CT molecular complexity index is 1090. The fourth-order valence-electron chi connectivity index (χ4n) is 3.68. The van der Waals surface area contributed by atoms with Crippen LogP contribution in [0.1, 0.15) is 22.7 Å². The summed E-state index contributed by atoms with van der Waals surface area (Å²) in [4.78, 5) is 4.59. The average molecular weight is 399 g/mol. The molecule has 0 fully saturated rings. The summed E-state index contributed by atoms with van der Waals surface area (Å²) in [6, 6.07) is 27.1. The lowest BCUT2D eigenvalue weighted by molar-refractivity contribution is 0.414. The highest BCUT2D eigenvalue weighted by Crippen LogP contribution is 2.24. The molecular weight excluding hydrogens is 372 g/mol. The lowest BCUT2D eigenvalue weighted by atomic mass is 9.98. The van der Waals surface area contributed by atoms with Crippen LogP contribution in [0.4, 0.5) is 0 Å². The average Bonchev–Trinajstić information content (AvgIpc) is 2.82. The van der Waals surface area contributed by atoms with Crippen LogP contribution in [-0.4, -0.2) is 19.2 Å². The van der Waals surface area contributed by atoms with E-state index in [-0.39, 0.29) is 6.04 Å². The third-order valence-electron chi connectivity index (χ3n) is 5.37. The van der Waals surface area contributed by atoms with Crippen LogP contribution in [0.5, 0.6) is 11.5 Å². The van der Waals surface area contributed by atoms with Gasteiger partial charge in [0.1, 0.15) is 11.5 Å². The second-order valence-electron chi connectivity index (χ2n) is 7.25. The van der Waals surface area contributed by atoms with Gasteiger partial charge in [-0.05, 0) is 53.4 Å². The molecule has 0 aliphatic rings. The van der Waals surface area contributed by atoms with Crippen LogP contribution in [0.3, 0.4) is 0 Å². The van der Waals surface area contributed by atoms with Crippen molar-refractivity contribution < 1.29 is 9.47 Å². The number of rotatable bonds is 8. The molecule has 152 valence electrons. The van der Waals surface area contributed by atoms with Gasteiger partial charge in [-0.25, -0.2) is 0 Å². The van der Waals surface area contributed by atoms with Gasteiger partial charge in [0.2, 0.25) is 0 Å². The minimum absolute atomic E-state index is 0.156. The number of nitrogens with one attached hydrogen (secondary N) is 1. The van der Waals surface area contributed by atoms with E-state index in [4.69, 9.17) is 9.47 Å². The number of fused-ring (bicyclic) bond motifs is 1. The van der Waals surface area contributed by atoms with Crippen molar-refractivity contribution in [3.63, 3.8) is 0 Å². The molecule has 1 aromatic heterocycles. The zero-order valence-corrected chi connectivity index (χ0v) is 17.3. The molecule has 4 aromatic rings. The molecule has 0 bridgehead atoms. The van der Waals surface area contributed by atoms with Crippen molar-refractivity contribution >= 4 is 10.9 Å². The first kappa shape index (κ1) is 19.9. The first-order valence-corrected chi connectivity index (χ1v) is 10.1. The highest BCUT2D eigenvalue weighted by Gasteiger charge is 2.14. The number of aromatic nitrogens is 1. The summed E-state index contributed by atoms with van der Waals surface area (Å²) < 4.78 is 10.6. The van der Waals surface area contributed by atoms with Crippen molar-refractivity contribution in [1.82, 2.24) is 10.3 Å². The minimum Gasteiger partial charge on any atom is -0.497 e. The Morgan fingerprint density at radius 2 is 1.47 bits per heavy atom. The zero-order chi connectivity index (χ0) is 20.8. The van der Waals surface area contributed by atoms with E-state index in [9.17, 15) is 0 Å². The van der Waals surface area contributed by atoms with E-state index in [1.807, 2.05) is 36.5 Å². The molecule has 4 rings (SSSR count). The van der Waals surface area contributed by atoms with Crippen molar-refractivity contribution in [3.05, 3.63) is 102 Å². The Morgan fingerprint density at radius 1 is 0.800 bits per heavy atom. The predicted molar refractivity (Wildman–Crippen MR) is 121 cm³/mol. The quantitative estimate of drug-likeness (QED) is 0.436. The predicted octanol–water partition coefficient (Wildman–Crippen LogP) is 5.33. The van der Waals surface area contributed by atoms with Crippen LogP contribution < -0.4 is 14.8 Å². The monoisotopic (exact) mass is 398 g/mol. The largest absolute Gasteiger partial charge is 0.497 e. The Morgan fingerprint density at radius 3 is 2.17 bits per heavy atom. The molecule has 1 atom stereocenters. The molecule has 0 aliphatic heterocycles. The molecular formula is C26H26N2O2. The second kappa shape index (κ2) is 9.42. The topological polar surface area (TPSA) is 43.4 Å². The van der Waals surface area contributed by atoms with Crippen molar-refractivity contribution in [2.24, 2.45) is 0 Å². The maximum absolute atomic E-state index is 5.33. The fraction of sp³-hybridized carbons (Fsp3) is 0.192. The molecule has 0 radical (unpaired) electrons. The summed E-state index contributed by atoms with van der Waals surface area (Å²) in [7, 11) is 3.38. The highest BCUT2D eigenvalue weighted by atomic mass is 16.5. The first-order valence-electron chi connectivity index (χ1n) is 10.1. The fourth-order valence-corrected chi connectivity index (χ4v) is 3.68. The summed E-state index contributed by atoms with van der Waals surface area (Å²) in [6.45, 7) is 0.737. The van der Waals surface area contributed by atoms with Crippen molar-refractivity contribution in [1.29, 1.82) is 0 Å². The van der Waals surface area contributed by atoms with Crippen LogP contribution in [-0.2, 0) is 13.0 Å². The SMILES string of the molecule is COc1ccc(CC(NCc2cccc3cccnc23)c2ccc(OC)cc2)cc1. The van der Waals surface area contributed by atoms with Gasteiger partial charge >= 0.3 is 0 Å². The molecule has 1 unspecified atom stereocenters. The van der Waals surface area contributed by atoms with E-state index < -0.39 is 0 Å². The van der Waals surface area contributed by atoms with Gasteiger partial charge in [-0.1, -0.05) is 48.5 Å². The zero-order valence-electron chi connectivity index (χ0n) is 17.3. The molecule has 0 amide bonds. The number of methoxy groups -OCH3 is 2. The van der Waals surface area contributed by atoms with E-state index in [1.165, 1.54) is 16.7 Å². The van der Waals surface area contributed by atoms with Gasteiger partial charge in [-0.2, -0.15) is 0 Å². The summed E-state index contributed by atoms with van der Waals surface area (Å²) in [5.41, 5.74) is 4.71. The van der Waals surface area contributed by atoms with Gasteiger partial charge in [0, 0.05) is 24.2 Å². The summed E-state index contributed by atoms with van der Waals surface area (Å²) in [5.74, 6) is 1.73. The lowest BCUT2D eigenvalue weighted by Gasteiger charge is -2.20. The van der Waals surface area contributed by atoms with Crippen LogP contribution in [0, 0.1) is 0 Å². The second-order valence-corrected chi connectivity index (χ2v) is 7.25. The van der Waals surface area contributed by atoms with Crippen LogP contribution in [0.15, 0.2) is 85.1 Å². The third-order valence-corrected chi connectivity index (χ3v) is 5.37. The van der Waals surface area contributed by atoms with E-state index in [0.717, 1.165) is 35.4 Å². The maximum atomic E-state index is 5.33. The number of benzene rings is 3. The van der Waals surface area contributed by atoms with E-state index >= 15 is 0 Å². The summed E-state index contributed by atoms with van der Waals surface area (Å²) in [6.07, 6.45) is 2.72. The maximum Gasteiger partial charge on any atom is 0.118 e. The molecule has 30 heavy (non-hydrogen) atoms. The van der Waals surface area contributed by atoms with Gasteiger partial charge < -0.3 is 14.8 Å². The number of hydrogen-bond donors (Lipinski definition) is 1. The Kier molecular flexibility index (Phi) is 6.26. The third kappa shape index (κ3) is 4.61. The highest BCUT2D eigenvalue weighted by molar-refractivity contribution is 5.81. The molecule has 1 heterocycles. The van der Waals surface area contributed by atoms with Crippen LogP contribution in [0.25, 0.3) is 10.9 Å². The normalized spacial score (nSPS) is 11.9. The van der Waals surface area contributed by atoms with Gasteiger partial charge in [0.15, 0.2) is 0 Å². The van der Waals surface area contributed by atoms with Crippen molar-refractivity contribution in [2.75, 3.05) is 14.2 Å². The summed E-state index contributed by atoms with van der Waals surface area (Å²) in [5, 5.41) is 4.91. The molecule has 0 saturated carbocycles. The van der Waals surface area contributed by atoms with Crippen molar-refractivity contribution in [2.45, 2.75) is 19.0 Å². The number of para-hydroxylation sites is 1. The van der Waals surface area contributed by atoms with Crippen LogP contribution in [0.2, 0.25) is 0 Å². The standard InChI is InChI=1S/C26H26N2O2/c1-29-23-12-8-19(9-13-23)17-25(20-10-14-24(30-2)15-11-20)28-18-22-6-3-5-21-7-4-16-27-26(21)22/h3-16,25,28H,17-18H2,1-2H3. The lowest BCUT2D eigenvalue weighted by Crippen LogP contribution is -2.23. The number of pyridine rings is 1. The van der Waals surface area contributed by atoms with Gasteiger partial charge in [-0.3, -0.25) is 4.98 Å². The minimum atomic E-state index is 0.156. The number of ether oxygens (including phenoxy) is 2. The molecule has 0 saturated heterocycles. The molecule has 1 N–H and O–H groups in total. The van der Waals surface area contributed by atoms with Gasteiger partial charge in [-0.15, -0.1) is 0 Å². The van der Waals surface area contributed by atoms with E-state index in [0.29, 0.717) is 0 Å². The van der Waals surface area contributed by atoms with Crippen molar-refractivity contribution in [3.8, 4) is 11.5 Å². The Hall–Kier alpha value is -3.37. The molecule has 0 spiro atoms. The Labute approximate surface area is 177 Å². The van der Waals surface area contributed by atoms with Gasteiger partial charge in [0.05, 0.1) is 19.7 Å². The summed E-state index contributed by atoms with van der Waals surface area (Å²) >= 11 is 0. The first-order chi connectivity index (χ1) is 14.8. The molecule has 3 aromatic carbocycles. The molecule has 4 nitrogen and oxygen atoms in total. The van der Waals surface area contributed by atoms with E-state index in [1.54, 1.807) is 14.2 Å². The Balaban J connectivity index is 1.58.